The molecular formula is C8H14NO+. The molecule has 56 valence electrons. The number of hydrogen-bond acceptors (Lipinski definition) is 1. The van der Waals surface area contributed by atoms with E-state index in [1.807, 2.05) is 10.8 Å². The van der Waals surface area contributed by atoms with E-state index < -0.39 is 0 Å². The standard InChI is InChI=1S/C8H14NO/c1-8(10)9-6-4-2-3-5-7-9/h6H,2-5,7H2,1H3/q+1. The lowest BCUT2D eigenvalue weighted by molar-refractivity contribution is -0.443. The normalized spacial score (nSPS) is 19.5. The van der Waals surface area contributed by atoms with Crippen molar-refractivity contribution in [1.29, 1.82) is 0 Å². The van der Waals surface area contributed by atoms with Crippen LogP contribution < -0.4 is 0 Å². The van der Waals surface area contributed by atoms with Crippen LogP contribution in [0.2, 0.25) is 0 Å². The lowest BCUT2D eigenvalue weighted by atomic mass is 10.2. The predicted molar refractivity (Wildman–Crippen MR) is 40.3 cm³/mol. The molecule has 0 bridgehead atoms. The molecule has 1 rings (SSSR count). The van der Waals surface area contributed by atoms with Gasteiger partial charge in [0.25, 0.3) is 0 Å². The fourth-order valence-electron chi connectivity index (χ4n) is 1.23. The van der Waals surface area contributed by atoms with Crippen molar-refractivity contribution in [2.45, 2.75) is 32.6 Å². The Kier molecular flexibility index (Phi) is 2.60. The lowest BCUT2D eigenvalue weighted by Gasteiger charge is -1.91. The molecule has 10 heavy (non-hydrogen) atoms. The molecule has 0 aromatic carbocycles. The molecule has 1 heterocycles. The van der Waals surface area contributed by atoms with Crippen molar-refractivity contribution >= 4 is 12.1 Å². The van der Waals surface area contributed by atoms with Gasteiger partial charge in [0.05, 0.1) is 6.92 Å². The quantitative estimate of drug-likeness (QED) is 0.463. The van der Waals surface area contributed by atoms with Crippen LogP contribution >= 0.6 is 0 Å². The van der Waals surface area contributed by atoms with E-state index in [9.17, 15) is 4.79 Å². The SMILES string of the molecule is CC(=O)[N+]1=CCCCCC1. The number of amides is 1. The Hall–Kier alpha value is -0.660. The molecule has 2 nitrogen and oxygen atoms in total. The molecular weight excluding hydrogens is 126 g/mol. The van der Waals surface area contributed by atoms with Crippen LogP contribution in [0.3, 0.4) is 0 Å². The highest BCUT2D eigenvalue weighted by Crippen LogP contribution is 2.02. The summed E-state index contributed by atoms with van der Waals surface area (Å²) in [5.74, 6) is 0.182. The van der Waals surface area contributed by atoms with Crippen LogP contribution in [0.15, 0.2) is 0 Å². The number of rotatable bonds is 0. The summed E-state index contributed by atoms with van der Waals surface area (Å²) in [6.07, 6.45) is 6.76. The number of carbonyl (C=O) groups excluding carboxylic acids is 1. The largest absolute Gasteiger partial charge is 0.383 e. The third-order valence-electron chi connectivity index (χ3n) is 1.86. The summed E-state index contributed by atoms with van der Waals surface area (Å²) < 4.78 is 1.83. The zero-order chi connectivity index (χ0) is 7.40. The van der Waals surface area contributed by atoms with Gasteiger partial charge in [0.1, 0.15) is 6.21 Å². The Morgan fingerprint density at radius 2 is 2.20 bits per heavy atom. The van der Waals surface area contributed by atoms with Gasteiger partial charge in [-0.1, -0.05) is 0 Å². The van der Waals surface area contributed by atoms with E-state index in [0.717, 1.165) is 19.4 Å². The molecule has 1 aliphatic heterocycles. The second-order valence-electron chi connectivity index (χ2n) is 2.74. The Morgan fingerprint density at radius 1 is 1.40 bits per heavy atom. The first-order valence-corrected chi connectivity index (χ1v) is 3.91. The van der Waals surface area contributed by atoms with Gasteiger partial charge in [0.2, 0.25) is 0 Å². The molecule has 2 heteroatoms. The minimum absolute atomic E-state index is 0.182. The number of hydrogen-bond donors (Lipinski definition) is 0. The van der Waals surface area contributed by atoms with E-state index >= 15 is 0 Å². The highest BCUT2D eigenvalue weighted by molar-refractivity contribution is 5.69. The van der Waals surface area contributed by atoms with Gasteiger partial charge in [-0.2, -0.15) is 4.58 Å². The van der Waals surface area contributed by atoms with Gasteiger partial charge >= 0.3 is 5.91 Å². The fourth-order valence-corrected chi connectivity index (χ4v) is 1.23. The van der Waals surface area contributed by atoms with Gasteiger partial charge in [-0.3, -0.25) is 0 Å². The minimum atomic E-state index is 0.182. The van der Waals surface area contributed by atoms with E-state index in [0.29, 0.717) is 0 Å². The second kappa shape index (κ2) is 3.49. The van der Waals surface area contributed by atoms with Crippen molar-refractivity contribution < 1.29 is 9.37 Å². The molecule has 0 atom stereocenters. The molecule has 0 radical (unpaired) electrons. The molecule has 1 amide bonds. The van der Waals surface area contributed by atoms with Gasteiger partial charge in [0, 0.05) is 12.8 Å². The Bertz CT molecular complexity index is 161. The van der Waals surface area contributed by atoms with Crippen molar-refractivity contribution in [2.24, 2.45) is 0 Å². The zero-order valence-electron chi connectivity index (χ0n) is 6.47. The predicted octanol–water partition coefficient (Wildman–Crippen LogP) is 1.19. The second-order valence-corrected chi connectivity index (χ2v) is 2.74. The fraction of sp³-hybridized carbons (Fsp3) is 0.750. The van der Waals surface area contributed by atoms with Crippen molar-refractivity contribution in [3.8, 4) is 0 Å². The highest BCUT2D eigenvalue weighted by atomic mass is 16.1. The first-order valence-electron chi connectivity index (χ1n) is 3.91. The van der Waals surface area contributed by atoms with Crippen molar-refractivity contribution in [3.05, 3.63) is 0 Å². The monoisotopic (exact) mass is 140 g/mol. The molecule has 0 aliphatic carbocycles. The van der Waals surface area contributed by atoms with Gasteiger partial charge in [-0.05, 0) is 12.8 Å². The molecule has 0 unspecified atom stereocenters. The number of nitrogens with zero attached hydrogens (tertiary/aromatic N) is 1. The minimum Gasteiger partial charge on any atom is -0.220 e. The van der Waals surface area contributed by atoms with Crippen molar-refractivity contribution in [1.82, 2.24) is 0 Å². The molecule has 0 saturated carbocycles. The Balaban J connectivity index is 2.54. The van der Waals surface area contributed by atoms with E-state index in [-0.39, 0.29) is 5.91 Å². The van der Waals surface area contributed by atoms with Crippen LogP contribution in [-0.2, 0) is 4.79 Å². The van der Waals surface area contributed by atoms with Crippen LogP contribution in [0.1, 0.15) is 32.6 Å². The van der Waals surface area contributed by atoms with Crippen LogP contribution in [0.25, 0.3) is 0 Å². The van der Waals surface area contributed by atoms with Crippen LogP contribution in [-0.4, -0.2) is 23.2 Å². The maximum Gasteiger partial charge on any atom is 0.383 e. The first kappa shape index (κ1) is 7.45. The maximum atomic E-state index is 10.8. The summed E-state index contributed by atoms with van der Waals surface area (Å²) in [6.45, 7) is 2.55. The summed E-state index contributed by atoms with van der Waals surface area (Å²) >= 11 is 0. The summed E-state index contributed by atoms with van der Waals surface area (Å²) in [4.78, 5) is 10.8. The lowest BCUT2D eigenvalue weighted by Crippen LogP contribution is -2.18. The van der Waals surface area contributed by atoms with E-state index in [2.05, 4.69) is 0 Å². The van der Waals surface area contributed by atoms with Crippen molar-refractivity contribution in [3.63, 3.8) is 0 Å². The summed E-state index contributed by atoms with van der Waals surface area (Å²) in [6, 6.07) is 0. The van der Waals surface area contributed by atoms with Gasteiger partial charge in [-0.15, -0.1) is 0 Å². The third kappa shape index (κ3) is 1.94. The smallest absolute Gasteiger partial charge is 0.220 e. The van der Waals surface area contributed by atoms with Crippen molar-refractivity contribution in [2.75, 3.05) is 6.54 Å². The Morgan fingerprint density at radius 3 is 2.90 bits per heavy atom. The molecule has 0 saturated heterocycles. The average Bonchev–Trinajstić information content (AvgIpc) is 2.12. The first-order chi connectivity index (χ1) is 4.80. The molecule has 0 aromatic heterocycles. The molecule has 0 aromatic rings. The van der Waals surface area contributed by atoms with Crippen LogP contribution in [0, 0.1) is 0 Å². The average molecular weight is 140 g/mol. The summed E-state index contributed by atoms with van der Waals surface area (Å²) in [5.41, 5.74) is 0. The van der Waals surface area contributed by atoms with Gasteiger partial charge < -0.3 is 0 Å². The topological polar surface area (TPSA) is 20.1 Å². The van der Waals surface area contributed by atoms with Crippen LogP contribution in [0.4, 0.5) is 0 Å². The van der Waals surface area contributed by atoms with Crippen LogP contribution in [0.5, 0.6) is 0 Å². The third-order valence-corrected chi connectivity index (χ3v) is 1.86. The number of carbonyl (C=O) groups is 1. The summed E-state index contributed by atoms with van der Waals surface area (Å²) in [7, 11) is 0. The van der Waals surface area contributed by atoms with E-state index in [1.165, 1.54) is 12.8 Å². The van der Waals surface area contributed by atoms with Gasteiger partial charge in [-0.25, -0.2) is 4.79 Å². The highest BCUT2D eigenvalue weighted by Gasteiger charge is 2.11. The molecule has 0 N–H and O–H groups in total. The maximum absolute atomic E-state index is 10.8. The van der Waals surface area contributed by atoms with Gasteiger partial charge in [0.15, 0.2) is 6.54 Å². The zero-order valence-corrected chi connectivity index (χ0v) is 6.47. The van der Waals surface area contributed by atoms with E-state index in [4.69, 9.17) is 0 Å². The molecule has 0 fully saturated rings. The molecule has 0 spiro atoms. The molecule has 1 aliphatic rings. The van der Waals surface area contributed by atoms with E-state index in [1.54, 1.807) is 6.92 Å². The summed E-state index contributed by atoms with van der Waals surface area (Å²) in [5, 5.41) is 0. The Labute approximate surface area is 61.6 Å².